The molecule has 3 nitrogen and oxygen atoms in total. The lowest BCUT2D eigenvalue weighted by molar-refractivity contribution is 0.414. The number of ether oxygens (including phenoxy) is 1. The van der Waals surface area contributed by atoms with E-state index in [-0.39, 0.29) is 0 Å². The van der Waals surface area contributed by atoms with Crippen LogP contribution >= 0.6 is 0 Å². The third-order valence-corrected chi connectivity index (χ3v) is 3.23. The predicted molar refractivity (Wildman–Crippen MR) is 79.4 cm³/mol. The Morgan fingerprint density at radius 2 is 1.58 bits per heavy atom. The summed E-state index contributed by atoms with van der Waals surface area (Å²) in [4.78, 5) is 0. The Labute approximate surface area is 114 Å². The van der Waals surface area contributed by atoms with Crippen LogP contribution in [0.1, 0.15) is 26.3 Å². The number of para-hydroxylation sites is 1. The highest BCUT2D eigenvalue weighted by molar-refractivity contribution is 5.60. The Morgan fingerprint density at radius 3 is 2.32 bits per heavy atom. The maximum absolute atomic E-state index is 5.34. The molecule has 1 aliphatic heterocycles. The summed E-state index contributed by atoms with van der Waals surface area (Å²) in [5, 5.41) is 6.75. The van der Waals surface area contributed by atoms with Gasteiger partial charge >= 0.3 is 0 Å². The minimum atomic E-state index is 0.879. The second kappa shape index (κ2) is 5.65. The average Bonchev–Trinajstić information content (AvgIpc) is 2.41. The van der Waals surface area contributed by atoms with Gasteiger partial charge in [0.15, 0.2) is 0 Å². The van der Waals surface area contributed by atoms with Crippen LogP contribution in [0.5, 0.6) is 5.75 Å². The molecule has 2 N–H and O–H groups in total. The van der Waals surface area contributed by atoms with Gasteiger partial charge in [-0.25, -0.2) is 0 Å². The van der Waals surface area contributed by atoms with E-state index in [1.54, 1.807) is 7.11 Å². The first kappa shape index (κ1) is 13.3. The van der Waals surface area contributed by atoms with Crippen LogP contribution in [0.4, 0.5) is 0 Å². The average molecular weight is 256 g/mol. The first-order chi connectivity index (χ1) is 9.11. The van der Waals surface area contributed by atoms with E-state index in [0.29, 0.717) is 0 Å². The minimum Gasteiger partial charge on any atom is -0.496 e. The van der Waals surface area contributed by atoms with Gasteiger partial charge in [0, 0.05) is 22.7 Å². The van der Waals surface area contributed by atoms with Crippen LogP contribution in [0, 0.1) is 0 Å². The molecule has 1 aromatic rings. The molecule has 0 radical (unpaired) electrons. The molecule has 0 aliphatic carbocycles. The lowest BCUT2D eigenvalue weighted by atomic mass is 10.1. The summed E-state index contributed by atoms with van der Waals surface area (Å²) in [5.74, 6) is 0.879. The minimum absolute atomic E-state index is 0.879. The molecule has 0 aromatic heterocycles. The van der Waals surface area contributed by atoms with Gasteiger partial charge in [0.2, 0.25) is 0 Å². The molecule has 2 rings (SSSR count). The molecular formula is C16H20N2O. The van der Waals surface area contributed by atoms with Gasteiger partial charge in [-0.2, -0.15) is 0 Å². The van der Waals surface area contributed by atoms with E-state index in [0.717, 1.165) is 34.1 Å². The number of rotatable bonds is 3. The van der Waals surface area contributed by atoms with Crippen molar-refractivity contribution in [1.82, 2.24) is 10.6 Å². The fraction of sp³-hybridized carbons (Fsp3) is 0.250. The summed E-state index contributed by atoms with van der Waals surface area (Å²) in [5.41, 5.74) is 5.57. The first-order valence-corrected chi connectivity index (χ1v) is 6.35. The van der Waals surface area contributed by atoms with Crippen molar-refractivity contribution >= 4 is 6.08 Å². The molecule has 0 unspecified atom stereocenters. The Kier molecular flexibility index (Phi) is 3.95. The molecule has 0 fully saturated rings. The van der Waals surface area contributed by atoms with Crippen LogP contribution in [0.25, 0.3) is 6.08 Å². The molecule has 19 heavy (non-hydrogen) atoms. The topological polar surface area (TPSA) is 33.3 Å². The fourth-order valence-electron chi connectivity index (χ4n) is 1.98. The van der Waals surface area contributed by atoms with Crippen molar-refractivity contribution in [3.05, 3.63) is 58.7 Å². The van der Waals surface area contributed by atoms with Crippen LogP contribution in [0.3, 0.4) is 0 Å². The number of benzene rings is 1. The number of methoxy groups -OCH3 is 1. The molecule has 100 valence electrons. The van der Waals surface area contributed by atoms with Crippen LogP contribution < -0.4 is 15.4 Å². The molecule has 1 aliphatic rings. The Morgan fingerprint density at radius 1 is 0.895 bits per heavy atom. The molecule has 0 amide bonds. The largest absolute Gasteiger partial charge is 0.496 e. The van der Waals surface area contributed by atoms with Gasteiger partial charge in [0.05, 0.1) is 12.8 Å². The zero-order chi connectivity index (χ0) is 13.8. The van der Waals surface area contributed by atoms with Gasteiger partial charge < -0.3 is 15.4 Å². The second-order valence-corrected chi connectivity index (χ2v) is 4.61. The van der Waals surface area contributed by atoms with E-state index in [4.69, 9.17) is 4.74 Å². The van der Waals surface area contributed by atoms with E-state index in [9.17, 15) is 0 Å². The smallest absolute Gasteiger partial charge is 0.126 e. The molecule has 0 saturated heterocycles. The highest BCUT2D eigenvalue weighted by Gasteiger charge is 2.09. The maximum Gasteiger partial charge on any atom is 0.126 e. The van der Waals surface area contributed by atoms with Crippen molar-refractivity contribution in [2.45, 2.75) is 20.8 Å². The zero-order valence-corrected chi connectivity index (χ0v) is 11.9. The number of hydrogen-bond acceptors (Lipinski definition) is 3. The summed E-state index contributed by atoms with van der Waals surface area (Å²) in [6, 6.07) is 7.97. The van der Waals surface area contributed by atoms with Crippen molar-refractivity contribution < 1.29 is 4.74 Å². The highest BCUT2D eigenvalue weighted by atomic mass is 16.5. The third-order valence-electron chi connectivity index (χ3n) is 3.23. The normalized spacial score (nSPS) is 15.6. The number of allylic oxidation sites excluding steroid dienone is 4. The molecule has 0 bridgehead atoms. The molecule has 0 atom stereocenters. The van der Waals surface area contributed by atoms with Crippen LogP contribution in [0.15, 0.2) is 53.1 Å². The van der Waals surface area contributed by atoms with Gasteiger partial charge in [-0.05, 0) is 39.0 Å². The standard InChI is InChI=1S/C16H20N2O/c1-11-12(2)18-15(13(3)17-11)10-9-14-7-5-6-8-16(14)19-4/h5-10,17-18H,1-4H3/b10-9+. The summed E-state index contributed by atoms with van der Waals surface area (Å²) in [7, 11) is 1.69. The first-order valence-electron chi connectivity index (χ1n) is 6.35. The van der Waals surface area contributed by atoms with Crippen molar-refractivity contribution in [2.24, 2.45) is 0 Å². The molecule has 3 heteroatoms. The van der Waals surface area contributed by atoms with Gasteiger partial charge in [0.25, 0.3) is 0 Å². The Hall–Kier alpha value is -2.16. The number of hydrogen-bond donors (Lipinski definition) is 2. The summed E-state index contributed by atoms with van der Waals surface area (Å²) < 4.78 is 5.34. The second-order valence-electron chi connectivity index (χ2n) is 4.61. The van der Waals surface area contributed by atoms with Crippen LogP contribution in [0.2, 0.25) is 0 Å². The highest BCUT2D eigenvalue weighted by Crippen LogP contribution is 2.20. The quantitative estimate of drug-likeness (QED) is 0.869. The monoisotopic (exact) mass is 256 g/mol. The van der Waals surface area contributed by atoms with E-state index < -0.39 is 0 Å². The van der Waals surface area contributed by atoms with Crippen molar-refractivity contribution in [1.29, 1.82) is 0 Å². The third kappa shape index (κ3) is 2.99. The maximum atomic E-state index is 5.34. The molecule has 0 spiro atoms. The molecule has 1 heterocycles. The predicted octanol–water partition coefficient (Wildman–Crippen LogP) is 3.38. The Bertz CT molecular complexity index is 568. The summed E-state index contributed by atoms with van der Waals surface area (Å²) >= 11 is 0. The van der Waals surface area contributed by atoms with E-state index >= 15 is 0 Å². The van der Waals surface area contributed by atoms with E-state index in [1.165, 1.54) is 0 Å². The zero-order valence-electron chi connectivity index (χ0n) is 11.9. The van der Waals surface area contributed by atoms with Crippen LogP contribution in [-0.2, 0) is 0 Å². The summed E-state index contributed by atoms with van der Waals surface area (Å²) in [6.45, 7) is 6.18. The van der Waals surface area contributed by atoms with Gasteiger partial charge in [-0.1, -0.05) is 18.2 Å². The molecule has 1 aromatic carbocycles. The lowest BCUT2D eigenvalue weighted by Gasteiger charge is -2.22. The van der Waals surface area contributed by atoms with E-state index in [2.05, 4.69) is 43.6 Å². The SMILES string of the molecule is COc1ccccc1/C=C/C1=C(C)NC(C)=C(C)N1. The Balaban J connectivity index is 2.22. The lowest BCUT2D eigenvalue weighted by Crippen LogP contribution is -2.26. The van der Waals surface area contributed by atoms with E-state index in [1.807, 2.05) is 24.3 Å². The molecular weight excluding hydrogens is 236 g/mol. The van der Waals surface area contributed by atoms with Gasteiger partial charge in [-0.15, -0.1) is 0 Å². The summed E-state index contributed by atoms with van der Waals surface area (Å²) in [6.07, 6.45) is 4.12. The van der Waals surface area contributed by atoms with Gasteiger partial charge in [-0.3, -0.25) is 0 Å². The fourth-order valence-corrected chi connectivity index (χ4v) is 1.98. The van der Waals surface area contributed by atoms with Crippen molar-refractivity contribution in [2.75, 3.05) is 7.11 Å². The van der Waals surface area contributed by atoms with Crippen molar-refractivity contribution in [3.63, 3.8) is 0 Å². The van der Waals surface area contributed by atoms with Crippen molar-refractivity contribution in [3.8, 4) is 5.75 Å². The van der Waals surface area contributed by atoms with Crippen LogP contribution in [-0.4, -0.2) is 7.11 Å². The molecule has 0 saturated carbocycles. The van der Waals surface area contributed by atoms with Gasteiger partial charge in [0.1, 0.15) is 5.75 Å². The number of nitrogens with one attached hydrogen (secondary N) is 2.